The quantitative estimate of drug-likeness (QED) is 0.385. The van der Waals surface area contributed by atoms with Crippen molar-refractivity contribution in [2.75, 3.05) is 18.1 Å². The predicted molar refractivity (Wildman–Crippen MR) is 133 cm³/mol. The fourth-order valence-corrected chi connectivity index (χ4v) is 5.29. The fraction of sp³-hybridized carbons (Fsp3) is 0.111. The molecule has 34 heavy (non-hydrogen) atoms. The molecule has 1 aliphatic heterocycles. The van der Waals surface area contributed by atoms with Crippen LogP contribution in [0.15, 0.2) is 100 Å². The van der Waals surface area contributed by atoms with Gasteiger partial charge in [0.1, 0.15) is 11.5 Å². The van der Waals surface area contributed by atoms with Gasteiger partial charge in [-0.1, -0.05) is 66.2 Å². The van der Waals surface area contributed by atoms with E-state index < -0.39 is 16.0 Å². The smallest absolute Gasteiger partial charge is 0.338 e. The molecule has 0 atom stereocenters. The van der Waals surface area contributed by atoms with Gasteiger partial charge < -0.3 is 9.64 Å². The summed E-state index contributed by atoms with van der Waals surface area (Å²) in [5, 5.41) is 1.78. The van der Waals surface area contributed by atoms with Gasteiger partial charge in [0, 0.05) is 11.3 Å². The first-order valence-electron chi connectivity index (χ1n) is 10.9. The molecule has 1 aliphatic rings. The summed E-state index contributed by atoms with van der Waals surface area (Å²) in [5.74, 6) is -0.109. The molecule has 5 rings (SSSR count). The van der Waals surface area contributed by atoms with Gasteiger partial charge in [-0.3, -0.25) is 0 Å². The van der Waals surface area contributed by atoms with Crippen LogP contribution in [-0.2, 0) is 14.8 Å². The van der Waals surface area contributed by atoms with Crippen molar-refractivity contribution in [2.24, 2.45) is 4.40 Å². The summed E-state index contributed by atoms with van der Waals surface area (Å²) in [6, 6.07) is 27.6. The van der Waals surface area contributed by atoms with Crippen LogP contribution in [0.25, 0.3) is 10.8 Å². The summed E-state index contributed by atoms with van der Waals surface area (Å²) in [6.07, 6.45) is 0. The average molecular weight is 471 g/mol. The topological polar surface area (TPSA) is 76.0 Å². The van der Waals surface area contributed by atoms with E-state index in [1.165, 1.54) is 0 Å². The number of hydrogen-bond donors (Lipinski definition) is 0. The summed E-state index contributed by atoms with van der Waals surface area (Å²) in [4.78, 5) is 14.8. The number of rotatable bonds is 5. The third-order valence-corrected chi connectivity index (χ3v) is 7.10. The van der Waals surface area contributed by atoms with Crippen LogP contribution in [0.4, 0.5) is 5.69 Å². The maximum absolute atomic E-state index is 12.9. The van der Waals surface area contributed by atoms with Crippen molar-refractivity contribution in [3.8, 4) is 0 Å². The lowest BCUT2D eigenvalue weighted by Gasteiger charge is -2.24. The number of benzene rings is 4. The molecule has 0 saturated heterocycles. The minimum Gasteiger partial charge on any atom is -0.460 e. The van der Waals surface area contributed by atoms with Gasteiger partial charge in [0.15, 0.2) is 5.84 Å². The number of esters is 1. The maximum atomic E-state index is 12.9. The molecule has 0 aromatic heterocycles. The number of ether oxygens (including phenoxy) is 1. The van der Waals surface area contributed by atoms with Crippen molar-refractivity contribution >= 4 is 38.3 Å². The van der Waals surface area contributed by atoms with Crippen LogP contribution in [0, 0.1) is 6.92 Å². The normalized spacial score (nSPS) is 13.9. The number of fused-ring (bicyclic) bond motifs is 2. The van der Waals surface area contributed by atoms with Gasteiger partial charge in [-0.15, -0.1) is 4.40 Å². The van der Waals surface area contributed by atoms with Gasteiger partial charge in [0.25, 0.3) is 10.0 Å². The molecular formula is C27H22N2O4S. The highest BCUT2D eigenvalue weighted by molar-refractivity contribution is 7.90. The van der Waals surface area contributed by atoms with Gasteiger partial charge in [0.05, 0.1) is 12.1 Å². The number of anilines is 1. The van der Waals surface area contributed by atoms with Crippen LogP contribution in [0.2, 0.25) is 0 Å². The second kappa shape index (κ2) is 8.76. The van der Waals surface area contributed by atoms with Gasteiger partial charge in [-0.05, 0) is 48.0 Å². The lowest BCUT2D eigenvalue weighted by molar-refractivity contribution is 0.0520. The van der Waals surface area contributed by atoms with Crippen LogP contribution in [0.5, 0.6) is 0 Å². The van der Waals surface area contributed by atoms with Crippen molar-refractivity contribution in [2.45, 2.75) is 11.8 Å². The zero-order valence-corrected chi connectivity index (χ0v) is 19.3. The number of carbonyl (C=O) groups is 1. The molecule has 0 amide bonds. The van der Waals surface area contributed by atoms with Crippen LogP contribution in [-0.4, -0.2) is 33.4 Å². The van der Waals surface area contributed by atoms with Gasteiger partial charge in [-0.25, -0.2) is 4.79 Å². The number of carbonyl (C=O) groups excluding carboxylic acids is 1. The fourth-order valence-electron chi connectivity index (χ4n) is 4.08. The van der Waals surface area contributed by atoms with Gasteiger partial charge >= 0.3 is 5.97 Å². The zero-order valence-electron chi connectivity index (χ0n) is 18.5. The molecule has 6 nitrogen and oxygen atoms in total. The minimum absolute atomic E-state index is 0.0527. The van der Waals surface area contributed by atoms with E-state index >= 15 is 0 Å². The van der Waals surface area contributed by atoms with Crippen molar-refractivity contribution in [1.82, 2.24) is 0 Å². The molecule has 0 unspecified atom stereocenters. The highest BCUT2D eigenvalue weighted by Gasteiger charge is 2.32. The van der Waals surface area contributed by atoms with Gasteiger partial charge in [-0.2, -0.15) is 8.42 Å². The molecule has 0 radical (unpaired) electrons. The molecular weight excluding hydrogens is 448 g/mol. The first-order valence-corrected chi connectivity index (χ1v) is 12.3. The Morgan fingerprint density at radius 2 is 1.59 bits per heavy atom. The summed E-state index contributed by atoms with van der Waals surface area (Å²) < 4.78 is 35.0. The highest BCUT2D eigenvalue weighted by Crippen LogP contribution is 2.30. The van der Waals surface area contributed by atoms with E-state index in [0.717, 1.165) is 22.0 Å². The monoisotopic (exact) mass is 470 g/mol. The Morgan fingerprint density at radius 1 is 0.882 bits per heavy atom. The van der Waals surface area contributed by atoms with Gasteiger partial charge in [0.2, 0.25) is 0 Å². The maximum Gasteiger partial charge on any atom is 0.338 e. The van der Waals surface area contributed by atoms with E-state index in [0.29, 0.717) is 17.0 Å². The minimum atomic E-state index is -3.79. The van der Waals surface area contributed by atoms with E-state index in [4.69, 9.17) is 4.74 Å². The lowest BCUT2D eigenvalue weighted by Crippen LogP contribution is -2.34. The zero-order chi connectivity index (χ0) is 23.7. The van der Waals surface area contributed by atoms with E-state index in [1.807, 2.05) is 67.6 Å². The molecule has 0 saturated carbocycles. The van der Waals surface area contributed by atoms with E-state index in [-0.39, 0.29) is 18.0 Å². The molecule has 1 heterocycles. The Kier molecular flexibility index (Phi) is 5.63. The van der Waals surface area contributed by atoms with Crippen LogP contribution in [0.3, 0.4) is 0 Å². The van der Waals surface area contributed by atoms with Crippen molar-refractivity contribution in [1.29, 1.82) is 0 Å². The first-order chi connectivity index (χ1) is 16.4. The number of amidine groups is 1. The number of nitrogens with zero attached hydrogens (tertiary/aromatic N) is 2. The second-order valence-corrected chi connectivity index (χ2v) is 9.61. The Labute approximate surface area is 198 Å². The third-order valence-electron chi connectivity index (χ3n) is 5.77. The Morgan fingerprint density at radius 3 is 2.41 bits per heavy atom. The van der Waals surface area contributed by atoms with Crippen molar-refractivity contribution in [3.63, 3.8) is 0 Å². The summed E-state index contributed by atoms with van der Waals surface area (Å²) >= 11 is 0. The Bertz CT molecular complexity index is 1520. The number of hydrogen-bond acceptors (Lipinski definition) is 5. The largest absolute Gasteiger partial charge is 0.460 e. The molecule has 0 spiro atoms. The van der Waals surface area contributed by atoms with E-state index in [1.54, 1.807) is 35.2 Å². The van der Waals surface area contributed by atoms with E-state index in [9.17, 15) is 13.2 Å². The van der Waals surface area contributed by atoms with Crippen LogP contribution >= 0.6 is 0 Å². The molecule has 0 fully saturated rings. The molecule has 7 heteroatoms. The molecule has 4 aromatic rings. The lowest BCUT2D eigenvalue weighted by atomic mass is 10.1. The first kappa shape index (κ1) is 21.9. The van der Waals surface area contributed by atoms with E-state index in [2.05, 4.69) is 4.40 Å². The molecule has 0 aliphatic carbocycles. The molecule has 4 aromatic carbocycles. The second-order valence-electron chi connectivity index (χ2n) is 8.04. The molecule has 0 bridgehead atoms. The molecule has 170 valence electrons. The number of aryl methyl sites for hydroxylation is 1. The SMILES string of the molecule is Cc1ccc(N(CCOC(=O)c2cccc3ccccc23)C2=NS(=O)(=O)c3ccccc32)cc1. The van der Waals surface area contributed by atoms with Crippen molar-refractivity contribution in [3.05, 3.63) is 108 Å². The average Bonchev–Trinajstić information content (AvgIpc) is 3.13. The summed E-state index contributed by atoms with van der Waals surface area (Å²) in [6.45, 7) is 2.27. The van der Waals surface area contributed by atoms with Crippen molar-refractivity contribution < 1.29 is 17.9 Å². The Balaban J connectivity index is 1.42. The predicted octanol–water partition coefficient (Wildman–Crippen LogP) is 4.96. The van der Waals surface area contributed by atoms with Crippen LogP contribution in [0.1, 0.15) is 21.5 Å². The summed E-state index contributed by atoms with van der Waals surface area (Å²) in [7, 11) is -3.79. The Hall–Kier alpha value is -3.97. The highest BCUT2D eigenvalue weighted by atomic mass is 32.2. The molecule has 0 N–H and O–H groups in total. The van der Waals surface area contributed by atoms with Crippen LogP contribution < -0.4 is 4.90 Å². The number of sulfonamides is 1. The standard InChI is InChI=1S/C27H22N2O4S/c1-19-13-15-21(16-14-19)29(26-24-10-4-5-12-25(24)34(31,32)28-26)17-18-33-27(30)23-11-6-8-20-7-2-3-9-22(20)23/h2-16H,17-18H2,1H3. The third kappa shape index (κ3) is 4.06. The summed E-state index contributed by atoms with van der Waals surface area (Å²) in [5.41, 5.74) is 2.86.